The van der Waals surface area contributed by atoms with E-state index in [0.29, 0.717) is 11.8 Å². The predicted octanol–water partition coefficient (Wildman–Crippen LogP) is 4.67. The van der Waals surface area contributed by atoms with Gasteiger partial charge in [0.2, 0.25) is 0 Å². The van der Waals surface area contributed by atoms with Gasteiger partial charge < -0.3 is 5.11 Å². The lowest BCUT2D eigenvalue weighted by Gasteiger charge is -2.27. The van der Waals surface area contributed by atoms with E-state index in [1.54, 1.807) is 0 Å². The van der Waals surface area contributed by atoms with E-state index in [1.165, 1.54) is 24.8 Å². The Hall–Kier alpha value is -0.820. The van der Waals surface area contributed by atoms with Crippen LogP contribution in [-0.4, -0.2) is 5.11 Å². The zero-order valence-electron chi connectivity index (χ0n) is 11.9. The first-order chi connectivity index (χ1) is 8.58. The summed E-state index contributed by atoms with van der Waals surface area (Å²) in [6.45, 7) is 6.59. The van der Waals surface area contributed by atoms with Crippen molar-refractivity contribution < 1.29 is 5.11 Å². The number of aliphatic hydroxyl groups is 1. The molecule has 1 aromatic carbocycles. The minimum Gasteiger partial charge on any atom is -0.388 e. The van der Waals surface area contributed by atoms with Crippen LogP contribution in [0.1, 0.15) is 69.6 Å². The molecule has 0 aromatic heterocycles. The van der Waals surface area contributed by atoms with Crippen LogP contribution in [0.15, 0.2) is 24.3 Å². The lowest BCUT2D eigenvalue weighted by atomic mass is 9.79. The fourth-order valence-corrected chi connectivity index (χ4v) is 2.94. The highest BCUT2D eigenvalue weighted by Crippen LogP contribution is 2.37. The molecule has 0 aliphatic heterocycles. The summed E-state index contributed by atoms with van der Waals surface area (Å²) >= 11 is 0. The van der Waals surface area contributed by atoms with Gasteiger partial charge >= 0.3 is 0 Å². The van der Waals surface area contributed by atoms with Crippen LogP contribution in [0.3, 0.4) is 0 Å². The molecule has 2 unspecified atom stereocenters. The van der Waals surface area contributed by atoms with Gasteiger partial charge in [-0.3, -0.25) is 0 Å². The molecule has 0 saturated heterocycles. The van der Waals surface area contributed by atoms with Crippen LogP contribution in [0.5, 0.6) is 0 Å². The van der Waals surface area contributed by atoms with E-state index in [-0.39, 0.29) is 6.10 Å². The molecule has 1 N–H and O–H groups in total. The molecule has 0 bridgehead atoms. The fraction of sp³-hybridized carbons (Fsp3) is 0.647. The van der Waals surface area contributed by atoms with Gasteiger partial charge in [-0.05, 0) is 48.1 Å². The van der Waals surface area contributed by atoms with Crippen LogP contribution in [0.2, 0.25) is 0 Å². The van der Waals surface area contributed by atoms with Crippen molar-refractivity contribution in [2.45, 2.75) is 58.5 Å². The molecular weight excluding hydrogens is 220 g/mol. The maximum absolute atomic E-state index is 10.4. The van der Waals surface area contributed by atoms with E-state index in [2.05, 4.69) is 45.0 Å². The summed E-state index contributed by atoms with van der Waals surface area (Å²) in [5.41, 5.74) is 2.53. The topological polar surface area (TPSA) is 20.2 Å². The quantitative estimate of drug-likeness (QED) is 0.800. The Labute approximate surface area is 111 Å². The highest BCUT2D eigenvalue weighted by Gasteiger charge is 2.22. The normalized spacial score (nSPS) is 19.6. The van der Waals surface area contributed by atoms with Crippen LogP contribution in [0.4, 0.5) is 0 Å². The molecule has 18 heavy (non-hydrogen) atoms. The fourth-order valence-electron chi connectivity index (χ4n) is 2.94. The van der Waals surface area contributed by atoms with Crippen molar-refractivity contribution >= 4 is 0 Å². The Morgan fingerprint density at radius 1 is 1.22 bits per heavy atom. The first kappa shape index (κ1) is 13.6. The van der Waals surface area contributed by atoms with Crippen LogP contribution >= 0.6 is 0 Å². The van der Waals surface area contributed by atoms with Crippen LogP contribution in [0.25, 0.3) is 0 Å². The summed E-state index contributed by atoms with van der Waals surface area (Å²) in [5.74, 6) is 1.73. The molecule has 100 valence electrons. The predicted molar refractivity (Wildman–Crippen MR) is 76.6 cm³/mol. The average Bonchev–Trinajstić information content (AvgIpc) is 2.25. The number of hydrogen-bond acceptors (Lipinski definition) is 1. The maximum atomic E-state index is 10.4. The largest absolute Gasteiger partial charge is 0.388 e. The van der Waals surface area contributed by atoms with Crippen molar-refractivity contribution in [1.29, 1.82) is 0 Å². The van der Waals surface area contributed by atoms with Crippen LogP contribution < -0.4 is 0 Å². The molecule has 1 aromatic rings. The molecule has 0 amide bonds. The molecule has 1 saturated carbocycles. The van der Waals surface area contributed by atoms with Crippen molar-refractivity contribution in [2.24, 2.45) is 11.8 Å². The van der Waals surface area contributed by atoms with Gasteiger partial charge in [0.1, 0.15) is 0 Å². The second-order valence-electron chi connectivity index (χ2n) is 6.35. The molecular formula is C17H26O. The van der Waals surface area contributed by atoms with Gasteiger partial charge in [0.05, 0.1) is 6.10 Å². The van der Waals surface area contributed by atoms with Crippen molar-refractivity contribution in [2.75, 3.05) is 0 Å². The SMILES string of the molecule is CC(C)CC(C)C(O)c1cccc(C2CCC2)c1. The first-order valence-electron chi connectivity index (χ1n) is 7.36. The Balaban J connectivity index is 2.07. The monoisotopic (exact) mass is 246 g/mol. The van der Waals surface area contributed by atoms with E-state index in [0.717, 1.165) is 17.9 Å². The maximum Gasteiger partial charge on any atom is 0.0815 e. The van der Waals surface area contributed by atoms with Crippen molar-refractivity contribution in [3.63, 3.8) is 0 Å². The first-order valence-corrected chi connectivity index (χ1v) is 7.36. The lowest BCUT2D eigenvalue weighted by Crippen LogP contribution is -2.13. The summed E-state index contributed by atoms with van der Waals surface area (Å²) in [7, 11) is 0. The Bertz CT molecular complexity index is 379. The van der Waals surface area contributed by atoms with Gasteiger partial charge in [-0.2, -0.15) is 0 Å². The van der Waals surface area contributed by atoms with E-state index in [4.69, 9.17) is 0 Å². The van der Waals surface area contributed by atoms with E-state index < -0.39 is 0 Å². The zero-order valence-corrected chi connectivity index (χ0v) is 11.9. The third-order valence-electron chi connectivity index (χ3n) is 4.21. The Kier molecular flexibility index (Phi) is 4.45. The molecule has 1 aliphatic rings. The zero-order chi connectivity index (χ0) is 13.1. The van der Waals surface area contributed by atoms with Gasteiger partial charge in [-0.25, -0.2) is 0 Å². The third-order valence-corrected chi connectivity index (χ3v) is 4.21. The molecule has 0 heterocycles. The number of aliphatic hydroxyl groups excluding tert-OH is 1. The van der Waals surface area contributed by atoms with E-state index in [1.807, 2.05) is 0 Å². The Morgan fingerprint density at radius 3 is 2.50 bits per heavy atom. The van der Waals surface area contributed by atoms with Gasteiger partial charge in [-0.1, -0.05) is 51.5 Å². The smallest absolute Gasteiger partial charge is 0.0815 e. The van der Waals surface area contributed by atoms with Gasteiger partial charge in [-0.15, -0.1) is 0 Å². The summed E-state index contributed by atoms with van der Waals surface area (Å²) in [4.78, 5) is 0. The molecule has 0 spiro atoms. The van der Waals surface area contributed by atoms with E-state index in [9.17, 15) is 5.11 Å². The molecule has 2 atom stereocenters. The van der Waals surface area contributed by atoms with Crippen LogP contribution in [0, 0.1) is 11.8 Å². The molecule has 2 rings (SSSR count). The highest BCUT2D eigenvalue weighted by atomic mass is 16.3. The van der Waals surface area contributed by atoms with E-state index >= 15 is 0 Å². The van der Waals surface area contributed by atoms with Crippen molar-refractivity contribution in [3.8, 4) is 0 Å². The number of benzene rings is 1. The molecule has 1 fully saturated rings. The highest BCUT2D eigenvalue weighted by molar-refractivity contribution is 5.29. The molecule has 1 aliphatic carbocycles. The molecule has 1 heteroatoms. The minimum absolute atomic E-state index is 0.313. The van der Waals surface area contributed by atoms with Crippen molar-refractivity contribution in [3.05, 3.63) is 35.4 Å². The van der Waals surface area contributed by atoms with Gasteiger partial charge in [0.15, 0.2) is 0 Å². The minimum atomic E-state index is -0.313. The average molecular weight is 246 g/mol. The van der Waals surface area contributed by atoms with Gasteiger partial charge in [0, 0.05) is 0 Å². The van der Waals surface area contributed by atoms with Gasteiger partial charge in [0.25, 0.3) is 0 Å². The lowest BCUT2D eigenvalue weighted by molar-refractivity contribution is 0.105. The second-order valence-corrected chi connectivity index (χ2v) is 6.35. The summed E-state index contributed by atoms with van der Waals surface area (Å²) in [5, 5.41) is 10.4. The number of hydrogen-bond donors (Lipinski definition) is 1. The second kappa shape index (κ2) is 5.88. The molecule has 1 nitrogen and oxygen atoms in total. The third kappa shape index (κ3) is 3.14. The van der Waals surface area contributed by atoms with Crippen molar-refractivity contribution in [1.82, 2.24) is 0 Å². The van der Waals surface area contributed by atoms with Crippen LogP contribution in [-0.2, 0) is 0 Å². The summed E-state index contributed by atoms with van der Waals surface area (Å²) < 4.78 is 0. The Morgan fingerprint density at radius 2 is 1.94 bits per heavy atom. The molecule has 0 radical (unpaired) electrons. The number of rotatable bonds is 5. The summed E-state index contributed by atoms with van der Waals surface area (Å²) in [6, 6.07) is 8.62. The summed E-state index contributed by atoms with van der Waals surface area (Å²) in [6.07, 6.45) is 4.77. The standard InChI is InChI=1S/C17H26O/c1-12(2)10-13(3)17(18)16-9-5-8-15(11-16)14-6-4-7-14/h5,8-9,11-14,17-18H,4,6-7,10H2,1-3H3.